The summed E-state index contributed by atoms with van der Waals surface area (Å²) < 4.78 is 5.40. The number of nitrogens with zero attached hydrogens (tertiary/aromatic N) is 1. The number of nitrogens with two attached hydrogens (primary N) is 1. The van der Waals surface area contributed by atoms with Crippen LogP contribution < -0.4 is 11.3 Å². The van der Waals surface area contributed by atoms with Gasteiger partial charge in [0.05, 0.1) is 0 Å². The number of carbonyl (C=O) groups is 1. The van der Waals surface area contributed by atoms with E-state index in [0.717, 1.165) is 24.3 Å². The molecule has 0 radical (unpaired) electrons. The van der Waals surface area contributed by atoms with E-state index in [2.05, 4.69) is 38.1 Å². The highest BCUT2D eigenvalue weighted by molar-refractivity contribution is 5.91. The minimum atomic E-state index is -0.401. The molecule has 0 aliphatic carbocycles. The van der Waals surface area contributed by atoms with E-state index in [-0.39, 0.29) is 11.3 Å². The molecule has 5 nitrogen and oxygen atoms in total. The highest BCUT2D eigenvalue weighted by atomic mass is 16.4. The summed E-state index contributed by atoms with van der Waals surface area (Å²) in [6.45, 7) is 9.14. The van der Waals surface area contributed by atoms with E-state index in [9.17, 15) is 4.79 Å². The second kappa shape index (κ2) is 5.54. The molecule has 1 rings (SSSR count). The van der Waals surface area contributed by atoms with E-state index in [4.69, 9.17) is 10.3 Å². The molecule has 0 saturated carbocycles. The molecule has 18 heavy (non-hydrogen) atoms. The zero-order chi connectivity index (χ0) is 13.9. The fraction of sp³-hybridized carbons (Fsp3) is 0.615. The van der Waals surface area contributed by atoms with Gasteiger partial charge in [0.15, 0.2) is 5.76 Å². The van der Waals surface area contributed by atoms with Gasteiger partial charge in [0.25, 0.3) is 0 Å². The minimum absolute atomic E-state index is 0.111. The van der Waals surface area contributed by atoms with Crippen LogP contribution in [0.4, 0.5) is 0 Å². The third-order valence-corrected chi connectivity index (χ3v) is 3.68. The van der Waals surface area contributed by atoms with Gasteiger partial charge in [-0.2, -0.15) is 0 Å². The van der Waals surface area contributed by atoms with Crippen molar-refractivity contribution in [2.45, 2.75) is 46.2 Å². The number of rotatable bonds is 5. The van der Waals surface area contributed by atoms with E-state index >= 15 is 0 Å². The average molecular weight is 253 g/mol. The molecule has 1 aromatic rings. The van der Waals surface area contributed by atoms with E-state index in [1.807, 2.05) is 6.92 Å². The number of nitrogens with one attached hydrogen (secondary N) is 1. The second-order valence-electron chi connectivity index (χ2n) is 5.19. The fourth-order valence-corrected chi connectivity index (χ4v) is 1.60. The first-order valence-electron chi connectivity index (χ1n) is 6.13. The molecule has 0 aromatic carbocycles. The Labute approximate surface area is 108 Å². The third kappa shape index (κ3) is 3.11. The maximum atomic E-state index is 11.4. The minimum Gasteiger partial charge on any atom is -0.456 e. The number of hydrogen-bond donors (Lipinski definition) is 2. The predicted molar refractivity (Wildman–Crippen MR) is 70.9 cm³/mol. The molecule has 0 atom stereocenters. The summed E-state index contributed by atoms with van der Waals surface area (Å²) in [6, 6.07) is 1.75. The predicted octanol–water partition coefficient (Wildman–Crippen LogP) is 1.81. The van der Waals surface area contributed by atoms with Crippen LogP contribution >= 0.6 is 0 Å². The van der Waals surface area contributed by atoms with Crippen molar-refractivity contribution in [3.05, 3.63) is 23.2 Å². The van der Waals surface area contributed by atoms with Gasteiger partial charge < -0.3 is 4.42 Å². The summed E-state index contributed by atoms with van der Waals surface area (Å²) in [6.07, 6.45) is 1.05. The highest BCUT2D eigenvalue weighted by Crippen LogP contribution is 2.22. The molecule has 0 bridgehead atoms. The van der Waals surface area contributed by atoms with Gasteiger partial charge in [-0.1, -0.05) is 6.92 Å². The summed E-state index contributed by atoms with van der Waals surface area (Å²) >= 11 is 0. The van der Waals surface area contributed by atoms with Gasteiger partial charge in [0.2, 0.25) is 0 Å². The van der Waals surface area contributed by atoms with Crippen molar-refractivity contribution < 1.29 is 9.21 Å². The van der Waals surface area contributed by atoms with Crippen molar-refractivity contribution in [3.63, 3.8) is 0 Å². The van der Waals surface area contributed by atoms with Crippen molar-refractivity contribution in [3.8, 4) is 0 Å². The van der Waals surface area contributed by atoms with Crippen LogP contribution in [-0.4, -0.2) is 23.4 Å². The molecule has 0 saturated heterocycles. The lowest BCUT2D eigenvalue weighted by atomic mass is 9.99. The number of hydrogen-bond acceptors (Lipinski definition) is 4. The van der Waals surface area contributed by atoms with Gasteiger partial charge in [0, 0.05) is 17.6 Å². The molecular formula is C13H23N3O2. The van der Waals surface area contributed by atoms with Gasteiger partial charge in [-0.3, -0.25) is 15.1 Å². The molecule has 0 spiro atoms. The highest BCUT2D eigenvalue weighted by Gasteiger charge is 2.23. The number of carbonyl (C=O) groups excluding carboxylic acids is 1. The van der Waals surface area contributed by atoms with Crippen molar-refractivity contribution in [1.82, 2.24) is 10.3 Å². The Hall–Kier alpha value is -1.33. The van der Waals surface area contributed by atoms with Crippen molar-refractivity contribution in [2.24, 2.45) is 5.84 Å². The Balaban J connectivity index is 2.86. The molecule has 3 N–H and O–H groups in total. The maximum Gasteiger partial charge on any atom is 0.300 e. The first kappa shape index (κ1) is 14.7. The number of amides is 1. The summed E-state index contributed by atoms with van der Waals surface area (Å²) in [7, 11) is 2.07. The van der Waals surface area contributed by atoms with Crippen LogP contribution in [0.5, 0.6) is 0 Å². The summed E-state index contributed by atoms with van der Waals surface area (Å²) in [4.78, 5) is 13.6. The zero-order valence-electron chi connectivity index (χ0n) is 11.8. The summed E-state index contributed by atoms with van der Waals surface area (Å²) in [5.41, 5.74) is 3.19. The number of nitrogen functional groups attached to an aromatic ring is 1. The van der Waals surface area contributed by atoms with Gasteiger partial charge in [-0.25, -0.2) is 5.84 Å². The standard InChI is InChI=1S/C13H23N3O2/c1-6-13(3,4)16(5)8-10-7-11(12(17)15-14)18-9(10)2/h7H,6,8,14H2,1-5H3,(H,15,17). The maximum absolute atomic E-state index is 11.4. The summed E-state index contributed by atoms with van der Waals surface area (Å²) in [5.74, 6) is 5.70. The Morgan fingerprint density at radius 1 is 1.56 bits per heavy atom. The second-order valence-corrected chi connectivity index (χ2v) is 5.19. The molecule has 102 valence electrons. The number of aryl methyl sites for hydroxylation is 1. The Kier molecular flexibility index (Phi) is 4.53. The van der Waals surface area contributed by atoms with Crippen LogP contribution in [0.2, 0.25) is 0 Å². The Bertz CT molecular complexity index is 424. The van der Waals surface area contributed by atoms with Crippen LogP contribution in [0.1, 0.15) is 49.1 Å². The lowest BCUT2D eigenvalue weighted by Crippen LogP contribution is -2.39. The van der Waals surface area contributed by atoms with Crippen molar-refractivity contribution in [1.29, 1.82) is 0 Å². The van der Waals surface area contributed by atoms with Crippen molar-refractivity contribution >= 4 is 5.91 Å². The average Bonchev–Trinajstić information content (AvgIpc) is 2.69. The van der Waals surface area contributed by atoms with E-state index in [0.29, 0.717) is 0 Å². The van der Waals surface area contributed by atoms with Crippen LogP contribution in [0, 0.1) is 6.92 Å². The van der Waals surface area contributed by atoms with Gasteiger partial charge in [-0.15, -0.1) is 0 Å². The lowest BCUT2D eigenvalue weighted by molar-refractivity contribution is 0.0924. The largest absolute Gasteiger partial charge is 0.456 e. The molecule has 1 amide bonds. The monoisotopic (exact) mass is 253 g/mol. The third-order valence-electron chi connectivity index (χ3n) is 3.68. The Morgan fingerprint density at radius 3 is 2.67 bits per heavy atom. The molecule has 1 heterocycles. The molecule has 0 fully saturated rings. The lowest BCUT2D eigenvalue weighted by Gasteiger charge is -2.34. The quantitative estimate of drug-likeness (QED) is 0.477. The van der Waals surface area contributed by atoms with E-state index in [1.54, 1.807) is 6.07 Å². The van der Waals surface area contributed by atoms with Crippen LogP contribution in [0.15, 0.2) is 10.5 Å². The Morgan fingerprint density at radius 2 is 2.17 bits per heavy atom. The number of hydrazine groups is 1. The summed E-state index contributed by atoms with van der Waals surface area (Å²) in [5, 5.41) is 0. The topological polar surface area (TPSA) is 71.5 Å². The van der Waals surface area contributed by atoms with E-state index in [1.165, 1.54) is 0 Å². The van der Waals surface area contributed by atoms with Crippen molar-refractivity contribution in [2.75, 3.05) is 7.05 Å². The smallest absolute Gasteiger partial charge is 0.300 e. The van der Waals surface area contributed by atoms with Crippen LogP contribution in [0.3, 0.4) is 0 Å². The first-order valence-corrected chi connectivity index (χ1v) is 6.13. The van der Waals surface area contributed by atoms with Gasteiger partial charge >= 0.3 is 5.91 Å². The molecule has 0 aliphatic heterocycles. The van der Waals surface area contributed by atoms with Crippen LogP contribution in [0.25, 0.3) is 0 Å². The molecule has 0 unspecified atom stereocenters. The van der Waals surface area contributed by atoms with Crippen LogP contribution in [-0.2, 0) is 6.54 Å². The molecule has 1 aromatic heterocycles. The molecule has 5 heteroatoms. The fourth-order valence-electron chi connectivity index (χ4n) is 1.60. The number of furan rings is 1. The van der Waals surface area contributed by atoms with E-state index < -0.39 is 5.91 Å². The van der Waals surface area contributed by atoms with Gasteiger partial charge in [0.1, 0.15) is 5.76 Å². The molecule has 0 aliphatic rings. The molecular weight excluding hydrogens is 230 g/mol. The zero-order valence-corrected chi connectivity index (χ0v) is 11.8. The normalized spacial score (nSPS) is 11.9. The van der Waals surface area contributed by atoms with Gasteiger partial charge in [-0.05, 0) is 40.3 Å². The SMILES string of the molecule is CCC(C)(C)N(C)Cc1cc(C(=O)NN)oc1C. The first-order chi connectivity index (χ1) is 8.31.